The van der Waals surface area contributed by atoms with Gasteiger partial charge >= 0.3 is 5.97 Å². The minimum absolute atomic E-state index is 0.0577. The largest absolute Gasteiger partial charge is 0.465 e. The molecule has 1 aliphatic rings. The van der Waals surface area contributed by atoms with E-state index in [1.165, 1.54) is 37.6 Å². The number of nitrogens with zero attached hydrogens (tertiary/aromatic N) is 2. The van der Waals surface area contributed by atoms with Crippen LogP contribution in [0.5, 0.6) is 0 Å². The molecule has 1 aliphatic heterocycles. The summed E-state index contributed by atoms with van der Waals surface area (Å²) in [6.45, 7) is 2.25. The van der Waals surface area contributed by atoms with Crippen molar-refractivity contribution in [2.24, 2.45) is 5.92 Å². The summed E-state index contributed by atoms with van der Waals surface area (Å²) in [5, 5.41) is 4.22. The predicted molar refractivity (Wildman–Crippen MR) is 94.4 cm³/mol. The molecule has 140 valence electrons. The molecule has 1 aromatic heterocycles. The maximum absolute atomic E-state index is 12.5. The summed E-state index contributed by atoms with van der Waals surface area (Å²) in [7, 11) is -2.49. The lowest BCUT2D eigenvalue weighted by atomic mass is 10.0. The highest BCUT2D eigenvalue weighted by Gasteiger charge is 2.18. The Bertz CT molecular complexity index is 855. The molecule has 2 heterocycles. The van der Waals surface area contributed by atoms with Crippen molar-refractivity contribution in [2.75, 3.05) is 25.0 Å². The molecule has 26 heavy (non-hydrogen) atoms. The molecule has 1 N–H and O–H groups in total. The molecule has 3 rings (SSSR count). The minimum Gasteiger partial charge on any atom is -0.465 e. The van der Waals surface area contributed by atoms with Crippen LogP contribution in [0.25, 0.3) is 0 Å². The van der Waals surface area contributed by atoms with E-state index in [0.717, 1.165) is 32.6 Å². The monoisotopic (exact) mass is 379 g/mol. The van der Waals surface area contributed by atoms with E-state index in [9.17, 15) is 13.2 Å². The number of rotatable bonds is 6. The maximum atomic E-state index is 12.5. The zero-order valence-electron chi connectivity index (χ0n) is 14.4. The van der Waals surface area contributed by atoms with Gasteiger partial charge in [-0.15, -0.1) is 0 Å². The van der Waals surface area contributed by atoms with Crippen molar-refractivity contribution < 1.29 is 22.7 Å². The Morgan fingerprint density at radius 2 is 2.00 bits per heavy atom. The highest BCUT2D eigenvalue weighted by atomic mass is 32.2. The van der Waals surface area contributed by atoms with Gasteiger partial charge in [0.2, 0.25) is 0 Å². The van der Waals surface area contributed by atoms with Crippen LogP contribution in [0.3, 0.4) is 0 Å². The highest BCUT2D eigenvalue weighted by molar-refractivity contribution is 7.92. The van der Waals surface area contributed by atoms with E-state index < -0.39 is 16.0 Å². The first-order valence-electron chi connectivity index (χ1n) is 8.29. The van der Waals surface area contributed by atoms with Crippen molar-refractivity contribution in [3.63, 3.8) is 0 Å². The Kier molecular flexibility index (Phi) is 5.58. The van der Waals surface area contributed by atoms with Crippen LogP contribution < -0.4 is 4.72 Å². The lowest BCUT2D eigenvalue weighted by Gasteiger charge is -2.21. The summed E-state index contributed by atoms with van der Waals surface area (Å²) in [6, 6.07) is 5.55. The van der Waals surface area contributed by atoms with Gasteiger partial charge < -0.3 is 9.47 Å². The quantitative estimate of drug-likeness (QED) is 0.770. The van der Waals surface area contributed by atoms with Crippen molar-refractivity contribution in [3.05, 3.63) is 42.2 Å². The van der Waals surface area contributed by atoms with E-state index in [2.05, 4.69) is 14.6 Å². The topological polar surface area (TPSA) is 99.5 Å². The molecule has 0 bridgehead atoms. The molecule has 0 amide bonds. The van der Waals surface area contributed by atoms with E-state index in [0.29, 0.717) is 11.6 Å². The van der Waals surface area contributed by atoms with Gasteiger partial charge in [-0.05, 0) is 43.0 Å². The molecular weight excluding hydrogens is 358 g/mol. The van der Waals surface area contributed by atoms with Gasteiger partial charge in [0.15, 0.2) is 0 Å². The summed E-state index contributed by atoms with van der Waals surface area (Å²) in [4.78, 5) is 11.5. The SMILES string of the molecule is COC(=O)c1ccc(S(=O)(=O)Nc2cnn(CC3CCOCC3)c2)cc1. The first-order valence-corrected chi connectivity index (χ1v) is 9.77. The number of hydrogen-bond acceptors (Lipinski definition) is 6. The van der Waals surface area contributed by atoms with Crippen molar-refractivity contribution in [1.29, 1.82) is 0 Å². The zero-order chi connectivity index (χ0) is 18.6. The Morgan fingerprint density at radius 3 is 2.65 bits per heavy atom. The third-order valence-electron chi connectivity index (χ3n) is 4.26. The van der Waals surface area contributed by atoms with Gasteiger partial charge in [0.1, 0.15) is 0 Å². The maximum Gasteiger partial charge on any atom is 0.337 e. The molecule has 0 unspecified atom stereocenters. The van der Waals surface area contributed by atoms with Gasteiger partial charge in [0.25, 0.3) is 10.0 Å². The highest BCUT2D eigenvalue weighted by Crippen LogP contribution is 2.19. The molecule has 1 aromatic carbocycles. The average molecular weight is 379 g/mol. The smallest absolute Gasteiger partial charge is 0.337 e. The number of methoxy groups -OCH3 is 1. The fourth-order valence-electron chi connectivity index (χ4n) is 2.81. The molecule has 0 radical (unpaired) electrons. The normalized spacial score (nSPS) is 15.6. The molecule has 0 aliphatic carbocycles. The average Bonchev–Trinajstić information content (AvgIpc) is 3.08. The number of aromatic nitrogens is 2. The third kappa shape index (κ3) is 4.41. The van der Waals surface area contributed by atoms with Gasteiger partial charge in [-0.25, -0.2) is 13.2 Å². The third-order valence-corrected chi connectivity index (χ3v) is 5.65. The van der Waals surface area contributed by atoms with Crippen LogP contribution in [0, 0.1) is 5.92 Å². The van der Waals surface area contributed by atoms with E-state index in [1.807, 2.05) is 0 Å². The van der Waals surface area contributed by atoms with Crippen molar-refractivity contribution in [1.82, 2.24) is 9.78 Å². The zero-order valence-corrected chi connectivity index (χ0v) is 15.2. The first kappa shape index (κ1) is 18.4. The van der Waals surface area contributed by atoms with Crippen LogP contribution in [-0.2, 0) is 26.0 Å². The molecular formula is C17H21N3O5S. The lowest BCUT2D eigenvalue weighted by molar-refractivity contribution is 0.0598. The molecule has 9 heteroatoms. The molecule has 0 saturated carbocycles. The summed E-state index contributed by atoms with van der Waals surface area (Å²) in [5.41, 5.74) is 0.685. The van der Waals surface area contributed by atoms with E-state index in [4.69, 9.17) is 4.74 Å². The number of ether oxygens (including phenoxy) is 2. The second kappa shape index (κ2) is 7.88. The molecule has 1 fully saturated rings. The van der Waals surface area contributed by atoms with Crippen LogP contribution in [-0.4, -0.2) is 44.5 Å². The van der Waals surface area contributed by atoms with Crippen LogP contribution in [0.4, 0.5) is 5.69 Å². The van der Waals surface area contributed by atoms with Gasteiger partial charge in [0, 0.05) is 26.0 Å². The fourth-order valence-corrected chi connectivity index (χ4v) is 3.84. The predicted octanol–water partition coefficient (Wildman–Crippen LogP) is 1.90. The van der Waals surface area contributed by atoms with E-state index in [1.54, 1.807) is 10.9 Å². The van der Waals surface area contributed by atoms with Gasteiger partial charge in [-0.1, -0.05) is 0 Å². The lowest BCUT2D eigenvalue weighted by Crippen LogP contribution is -2.20. The fraction of sp³-hybridized carbons (Fsp3) is 0.412. The Labute approximate surface area is 152 Å². The summed E-state index contributed by atoms with van der Waals surface area (Å²) < 4.78 is 39.1. The molecule has 0 atom stereocenters. The van der Waals surface area contributed by atoms with Gasteiger partial charge in [-0.3, -0.25) is 9.40 Å². The van der Waals surface area contributed by atoms with Crippen LogP contribution >= 0.6 is 0 Å². The number of anilines is 1. The number of esters is 1. The van der Waals surface area contributed by atoms with Crippen molar-refractivity contribution in [3.8, 4) is 0 Å². The standard InChI is InChI=1S/C17H21N3O5S/c1-24-17(21)14-2-4-16(5-3-14)26(22,23)19-15-10-18-20(12-15)11-13-6-8-25-9-7-13/h2-5,10,12-13,19H,6-9,11H2,1H3. The second-order valence-electron chi connectivity index (χ2n) is 6.13. The van der Waals surface area contributed by atoms with Gasteiger partial charge in [-0.2, -0.15) is 5.10 Å². The summed E-state index contributed by atoms with van der Waals surface area (Å²) in [6.07, 6.45) is 5.12. The van der Waals surface area contributed by atoms with Crippen molar-refractivity contribution >= 4 is 21.7 Å². The van der Waals surface area contributed by atoms with Gasteiger partial charge in [0.05, 0.1) is 29.5 Å². The first-order chi connectivity index (χ1) is 12.5. The van der Waals surface area contributed by atoms with Crippen LogP contribution in [0.2, 0.25) is 0 Å². The van der Waals surface area contributed by atoms with Crippen LogP contribution in [0.15, 0.2) is 41.6 Å². The number of nitrogens with one attached hydrogen (secondary N) is 1. The summed E-state index contributed by atoms with van der Waals surface area (Å²) >= 11 is 0. The number of benzene rings is 1. The molecule has 0 spiro atoms. The van der Waals surface area contributed by atoms with E-state index in [-0.39, 0.29) is 10.5 Å². The Balaban J connectivity index is 1.66. The molecule has 2 aromatic rings. The number of sulfonamides is 1. The minimum atomic E-state index is -3.76. The number of hydrogen-bond donors (Lipinski definition) is 1. The Hall–Kier alpha value is -2.39. The van der Waals surface area contributed by atoms with Crippen LogP contribution in [0.1, 0.15) is 23.2 Å². The molecule has 8 nitrogen and oxygen atoms in total. The Morgan fingerprint density at radius 1 is 1.31 bits per heavy atom. The van der Waals surface area contributed by atoms with Crippen molar-refractivity contribution in [2.45, 2.75) is 24.3 Å². The van der Waals surface area contributed by atoms with E-state index >= 15 is 0 Å². The number of carbonyl (C=O) groups excluding carboxylic acids is 1. The molecule has 1 saturated heterocycles. The summed E-state index contributed by atoms with van der Waals surface area (Å²) in [5.74, 6) is -0.0322. The second-order valence-corrected chi connectivity index (χ2v) is 7.81. The number of carbonyl (C=O) groups is 1.